The minimum Gasteiger partial charge on any atom is -0.308 e. The molecule has 0 fully saturated rings. The van der Waals surface area contributed by atoms with Gasteiger partial charge < -0.3 is 4.90 Å². The van der Waals surface area contributed by atoms with E-state index >= 15 is 0 Å². The largest absolute Gasteiger partial charge is 0.308 e. The highest BCUT2D eigenvalue weighted by atomic mass is 32.2. The van der Waals surface area contributed by atoms with Gasteiger partial charge in [-0.25, -0.2) is 8.42 Å². The molecular weight excluding hydrogens is 390 g/mol. The number of amides is 1. The molecule has 4 rings (SSSR count). The fourth-order valence-corrected chi connectivity index (χ4v) is 6.46. The Kier molecular flexibility index (Phi) is 4.63. The van der Waals surface area contributed by atoms with Crippen molar-refractivity contribution in [2.45, 2.75) is 31.4 Å². The molecule has 2 heterocycles. The molecule has 1 aliphatic heterocycles. The SMILES string of the molecule is CCN(C(=O)c1cc2c(s1)-c1ccccc1S(=O)(=O)C2)c1ccc(C)c(C)c1. The standard InChI is InChI=1S/C22H21NO3S2/c1-4-23(17-10-9-14(2)15(3)11-17)22(24)19-12-16-13-28(25,26)20-8-6-5-7-18(20)21(16)27-19/h5-12H,4,13H2,1-3H3. The van der Waals surface area contributed by atoms with E-state index in [4.69, 9.17) is 0 Å². The summed E-state index contributed by atoms with van der Waals surface area (Å²) in [5, 5.41) is 0. The first-order chi connectivity index (χ1) is 13.3. The van der Waals surface area contributed by atoms with E-state index < -0.39 is 9.84 Å². The second-order valence-electron chi connectivity index (χ2n) is 7.04. The van der Waals surface area contributed by atoms with Crippen LogP contribution in [0.3, 0.4) is 0 Å². The number of aryl methyl sites for hydroxylation is 2. The number of anilines is 1. The molecule has 28 heavy (non-hydrogen) atoms. The van der Waals surface area contributed by atoms with Crippen molar-refractivity contribution in [1.82, 2.24) is 0 Å². The first kappa shape index (κ1) is 18.9. The third kappa shape index (κ3) is 3.06. The first-order valence-corrected chi connectivity index (χ1v) is 11.6. The van der Waals surface area contributed by atoms with Crippen LogP contribution in [0.1, 0.15) is 33.3 Å². The molecular formula is C22H21NO3S2. The Hall–Kier alpha value is -2.44. The maximum atomic E-state index is 13.3. The lowest BCUT2D eigenvalue weighted by Gasteiger charge is -2.21. The van der Waals surface area contributed by atoms with Crippen molar-refractivity contribution < 1.29 is 13.2 Å². The molecule has 4 nitrogen and oxygen atoms in total. The van der Waals surface area contributed by atoms with Gasteiger partial charge in [0.1, 0.15) is 0 Å². The summed E-state index contributed by atoms with van der Waals surface area (Å²) < 4.78 is 25.2. The van der Waals surface area contributed by atoms with Crippen LogP contribution in [0, 0.1) is 13.8 Å². The van der Waals surface area contributed by atoms with Crippen molar-refractivity contribution in [3.8, 4) is 10.4 Å². The van der Waals surface area contributed by atoms with Gasteiger partial charge in [0, 0.05) is 22.7 Å². The molecule has 1 amide bonds. The number of nitrogens with zero attached hydrogens (tertiary/aromatic N) is 1. The van der Waals surface area contributed by atoms with Crippen LogP contribution in [-0.2, 0) is 15.6 Å². The van der Waals surface area contributed by atoms with E-state index in [1.807, 2.05) is 51.1 Å². The average molecular weight is 412 g/mol. The fourth-order valence-electron chi connectivity index (χ4n) is 3.55. The highest BCUT2D eigenvalue weighted by molar-refractivity contribution is 7.91. The highest BCUT2D eigenvalue weighted by Crippen LogP contribution is 2.43. The zero-order valence-electron chi connectivity index (χ0n) is 16.0. The van der Waals surface area contributed by atoms with Gasteiger partial charge in [-0.15, -0.1) is 11.3 Å². The van der Waals surface area contributed by atoms with E-state index in [0.717, 1.165) is 16.1 Å². The van der Waals surface area contributed by atoms with Gasteiger partial charge in [0.2, 0.25) is 0 Å². The van der Waals surface area contributed by atoms with Gasteiger partial charge in [0.05, 0.1) is 15.5 Å². The number of hydrogen-bond acceptors (Lipinski definition) is 4. The Morgan fingerprint density at radius 2 is 1.82 bits per heavy atom. The molecule has 1 aliphatic rings. The van der Waals surface area contributed by atoms with Gasteiger partial charge in [-0.2, -0.15) is 0 Å². The van der Waals surface area contributed by atoms with E-state index in [-0.39, 0.29) is 11.7 Å². The summed E-state index contributed by atoms with van der Waals surface area (Å²) in [4.78, 5) is 16.8. The number of rotatable bonds is 3. The number of hydrogen-bond donors (Lipinski definition) is 0. The minimum atomic E-state index is -3.37. The van der Waals surface area contributed by atoms with Crippen LogP contribution in [0.4, 0.5) is 5.69 Å². The number of thiophene rings is 1. The summed E-state index contributed by atoms with van der Waals surface area (Å²) in [6.45, 7) is 6.56. The molecule has 2 aromatic carbocycles. The molecule has 0 aliphatic carbocycles. The number of sulfone groups is 1. The number of carbonyl (C=O) groups is 1. The summed E-state index contributed by atoms with van der Waals surface area (Å²) in [6.07, 6.45) is 0. The quantitative estimate of drug-likeness (QED) is 0.610. The highest BCUT2D eigenvalue weighted by Gasteiger charge is 2.31. The fraction of sp³-hybridized carbons (Fsp3) is 0.227. The maximum absolute atomic E-state index is 13.3. The molecule has 0 radical (unpaired) electrons. The second-order valence-corrected chi connectivity index (χ2v) is 10.0. The molecule has 0 spiro atoms. The predicted octanol–water partition coefficient (Wildman–Crippen LogP) is 4.99. The van der Waals surface area contributed by atoms with Gasteiger partial charge in [-0.3, -0.25) is 4.79 Å². The molecule has 1 aromatic heterocycles. The zero-order valence-corrected chi connectivity index (χ0v) is 17.7. The minimum absolute atomic E-state index is 0.0567. The molecule has 6 heteroatoms. The van der Waals surface area contributed by atoms with E-state index in [2.05, 4.69) is 0 Å². The summed E-state index contributed by atoms with van der Waals surface area (Å²) in [6, 6.07) is 14.8. The number of benzene rings is 2. The molecule has 0 unspecified atom stereocenters. The Morgan fingerprint density at radius 3 is 2.54 bits per heavy atom. The lowest BCUT2D eigenvalue weighted by molar-refractivity contribution is 0.0992. The smallest absolute Gasteiger partial charge is 0.268 e. The monoisotopic (exact) mass is 411 g/mol. The van der Waals surface area contributed by atoms with Crippen LogP contribution in [0.25, 0.3) is 10.4 Å². The van der Waals surface area contributed by atoms with E-state index in [9.17, 15) is 13.2 Å². The number of carbonyl (C=O) groups excluding carboxylic acids is 1. The Bertz CT molecular complexity index is 1190. The van der Waals surface area contributed by atoms with Crippen molar-refractivity contribution in [2.75, 3.05) is 11.4 Å². The van der Waals surface area contributed by atoms with Gasteiger partial charge in [-0.05, 0) is 61.7 Å². The van der Waals surface area contributed by atoms with Crippen molar-refractivity contribution in [3.63, 3.8) is 0 Å². The Morgan fingerprint density at radius 1 is 1.07 bits per heavy atom. The summed E-state index contributed by atoms with van der Waals surface area (Å²) in [7, 11) is -3.37. The third-order valence-electron chi connectivity index (χ3n) is 5.20. The van der Waals surface area contributed by atoms with Crippen LogP contribution in [0.2, 0.25) is 0 Å². The molecule has 0 atom stereocenters. The van der Waals surface area contributed by atoms with Gasteiger partial charge in [0.25, 0.3) is 5.91 Å². The summed E-state index contributed by atoms with van der Waals surface area (Å²) in [5.74, 6) is -0.154. The zero-order chi connectivity index (χ0) is 20.1. The van der Waals surface area contributed by atoms with Crippen LogP contribution in [0.15, 0.2) is 53.4 Å². The maximum Gasteiger partial charge on any atom is 0.268 e. The third-order valence-corrected chi connectivity index (χ3v) is 8.11. The molecule has 0 bridgehead atoms. The Labute approximate surface area is 169 Å². The Balaban J connectivity index is 1.77. The van der Waals surface area contributed by atoms with Gasteiger partial charge in [0.15, 0.2) is 9.84 Å². The molecule has 0 saturated heterocycles. The summed E-state index contributed by atoms with van der Waals surface area (Å²) >= 11 is 1.38. The lowest BCUT2D eigenvalue weighted by Crippen LogP contribution is -2.30. The first-order valence-electron chi connectivity index (χ1n) is 9.16. The second kappa shape index (κ2) is 6.87. The van der Waals surface area contributed by atoms with Gasteiger partial charge in [-0.1, -0.05) is 24.3 Å². The van der Waals surface area contributed by atoms with Crippen LogP contribution in [-0.4, -0.2) is 20.9 Å². The average Bonchev–Trinajstić information content (AvgIpc) is 3.08. The predicted molar refractivity (Wildman–Crippen MR) is 114 cm³/mol. The van der Waals surface area contributed by atoms with Crippen molar-refractivity contribution >= 4 is 32.8 Å². The van der Waals surface area contributed by atoms with Gasteiger partial charge >= 0.3 is 0 Å². The van der Waals surface area contributed by atoms with Crippen molar-refractivity contribution in [2.24, 2.45) is 0 Å². The van der Waals surface area contributed by atoms with E-state index in [1.54, 1.807) is 23.1 Å². The van der Waals surface area contributed by atoms with Crippen LogP contribution < -0.4 is 4.90 Å². The summed E-state index contributed by atoms with van der Waals surface area (Å²) in [5.41, 5.74) is 4.58. The molecule has 3 aromatic rings. The normalized spacial score (nSPS) is 14.2. The van der Waals surface area contributed by atoms with E-state index in [1.165, 1.54) is 16.9 Å². The topological polar surface area (TPSA) is 54.5 Å². The van der Waals surface area contributed by atoms with Crippen molar-refractivity contribution in [3.05, 3.63) is 70.1 Å². The molecule has 0 N–H and O–H groups in total. The van der Waals surface area contributed by atoms with Crippen LogP contribution >= 0.6 is 11.3 Å². The van der Waals surface area contributed by atoms with Crippen LogP contribution in [0.5, 0.6) is 0 Å². The lowest BCUT2D eigenvalue weighted by atomic mass is 10.1. The van der Waals surface area contributed by atoms with Crippen molar-refractivity contribution in [1.29, 1.82) is 0 Å². The molecule has 0 saturated carbocycles. The molecule has 144 valence electrons. The number of fused-ring (bicyclic) bond motifs is 3. The van der Waals surface area contributed by atoms with E-state index in [0.29, 0.717) is 27.4 Å².